The van der Waals surface area contributed by atoms with E-state index >= 15 is 0 Å². The number of anilines is 1. The number of benzene rings is 1. The molecule has 4 nitrogen and oxygen atoms in total. The van der Waals surface area contributed by atoms with Crippen molar-refractivity contribution >= 4 is 11.7 Å². The number of nitrogens with zero attached hydrogens (tertiary/aromatic N) is 1. The average molecular weight is 290 g/mol. The van der Waals surface area contributed by atoms with Gasteiger partial charge in [0.1, 0.15) is 0 Å². The molecule has 0 amide bonds. The summed E-state index contributed by atoms with van der Waals surface area (Å²) in [5, 5.41) is 0. The Morgan fingerprint density at radius 2 is 1.95 bits per heavy atom. The van der Waals surface area contributed by atoms with Gasteiger partial charge in [-0.2, -0.15) is 0 Å². The van der Waals surface area contributed by atoms with Crippen LogP contribution in [0, 0.1) is 5.92 Å². The van der Waals surface area contributed by atoms with Crippen molar-refractivity contribution in [3.8, 4) is 0 Å². The molecule has 4 heteroatoms. The zero-order valence-electron chi connectivity index (χ0n) is 13.0. The van der Waals surface area contributed by atoms with Crippen molar-refractivity contribution in [1.29, 1.82) is 0 Å². The van der Waals surface area contributed by atoms with E-state index in [2.05, 4.69) is 24.0 Å². The third kappa shape index (κ3) is 4.46. The number of nitrogen functional groups attached to an aromatic ring is 1. The number of rotatable bonds is 5. The molecule has 116 valence electrons. The highest BCUT2D eigenvalue weighted by Crippen LogP contribution is 2.21. The summed E-state index contributed by atoms with van der Waals surface area (Å²) in [6, 6.07) is 8.58. The first kappa shape index (κ1) is 15.8. The maximum atomic E-state index is 11.7. The molecular formula is C17H26N2O2. The minimum Gasteiger partial charge on any atom is -0.466 e. The molecule has 0 bridgehead atoms. The number of hydrogen-bond donors (Lipinski definition) is 1. The van der Waals surface area contributed by atoms with Crippen LogP contribution in [0.3, 0.4) is 0 Å². The fourth-order valence-electron chi connectivity index (χ4n) is 2.96. The van der Waals surface area contributed by atoms with Crippen LogP contribution < -0.4 is 5.73 Å². The van der Waals surface area contributed by atoms with Gasteiger partial charge in [0.15, 0.2) is 0 Å². The second-order valence-corrected chi connectivity index (χ2v) is 5.86. The van der Waals surface area contributed by atoms with E-state index in [1.165, 1.54) is 5.56 Å². The summed E-state index contributed by atoms with van der Waals surface area (Å²) >= 11 is 0. The lowest BCUT2D eigenvalue weighted by Gasteiger charge is -2.35. The van der Waals surface area contributed by atoms with E-state index in [1.54, 1.807) is 0 Å². The van der Waals surface area contributed by atoms with E-state index in [-0.39, 0.29) is 11.9 Å². The molecule has 1 fully saturated rings. The van der Waals surface area contributed by atoms with Crippen LogP contribution >= 0.6 is 0 Å². The standard InChI is InChI=1S/C17H26N2O2/c1-3-21-17(20)15-8-10-19(11-9-15)13(2)12-14-4-6-16(18)7-5-14/h4-7,13,15H,3,8-12,18H2,1-2H3. The zero-order chi connectivity index (χ0) is 15.2. The summed E-state index contributed by atoms with van der Waals surface area (Å²) in [5.74, 6) is 0.0632. The second kappa shape index (κ2) is 7.46. The van der Waals surface area contributed by atoms with Crippen LogP contribution in [0.15, 0.2) is 24.3 Å². The lowest BCUT2D eigenvalue weighted by molar-refractivity contribution is -0.149. The third-order valence-corrected chi connectivity index (χ3v) is 4.28. The molecule has 1 aliphatic heterocycles. The summed E-state index contributed by atoms with van der Waals surface area (Å²) in [7, 11) is 0. The Kier molecular flexibility index (Phi) is 5.62. The first-order valence-corrected chi connectivity index (χ1v) is 7.85. The van der Waals surface area contributed by atoms with E-state index in [0.717, 1.165) is 38.0 Å². The third-order valence-electron chi connectivity index (χ3n) is 4.28. The Hall–Kier alpha value is -1.55. The number of likely N-dealkylation sites (tertiary alicyclic amines) is 1. The molecule has 2 rings (SSSR count). The monoisotopic (exact) mass is 290 g/mol. The molecule has 0 radical (unpaired) electrons. The normalized spacial score (nSPS) is 18.4. The molecule has 1 aliphatic rings. The van der Waals surface area contributed by atoms with Crippen LogP contribution in [0.1, 0.15) is 32.3 Å². The molecule has 1 heterocycles. The van der Waals surface area contributed by atoms with Gasteiger partial charge in [-0.1, -0.05) is 12.1 Å². The van der Waals surface area contributed by atoms with Gasteiger partial charge in [-0.05, 0) is 63.9 Å². The predicted molar refractivity (Wildman–Crippen MR) is 85.0 cm³/mol. The van der Waals surface area contributed by atoms with Gasteiger partial charge in [0, 0.05) is 11.7 Å². The molecule has 1 aromatic carbocycles. The van der Waals surface area contributed by atoms with Gasteiger partial charge in [-0.25, -0.2) is 0 Å². The molecule has 0 saturated carbocycles. The average Bonchev–Trinajstić information content (AvgIpc) is 2.50. The van der Waals surface area contributed by atoms with Gasteiger partial charge in [-0.15, -0.1) is 0 Å². The Balaban J connectivity index is 1.81. The number of nitrogens with two attached hydrogens (primary N) is 1. The number of carbonyl (C=O) groups is 1. The lowest BCUT2D eigenvalue weighted by Crippen LogP contribution is -2.42. The van der Waals surface area contributed by atoms with Gasteiger partial charge >= 0.3 is 5.97 Å². The van der Waals surface area contributed by atoms with Crippen LogP contribution in [0.2, 0.25) is 0 Å². The van der Waals surface area contributed by atoms with Crippen LogP contribution in [0.5, 0.6) is 0 Å². The van der Waals surface area contributed by atoms with Crippen LogP contribution in [-0.2, 0) is 16.0 Å². The number of esters is 1. The van der Waals surface area contributed by atoms with Gasteiger partial charge in [0.25, 0.3) is 0 Å². The van der Waals surface area contributed by atoms with E-state index in [0.29, 0.717) is 12.6 Å². The Morgan fingerprint density at radius 1 is 1.33 bits per heavy atom. The summed E-state index contributed by atoms with van der Waals surface area (Å²) in [6.45, 7) is 6.54. The van der Waals surface area contributed by atoms with E-state index in [1.807, 2.05) is 19.1 Å². The van der Waals surface area contributed by atoms with Gasteiger partial charge in [-0.3, -0.25) is 4.79 Å². The Labute approximate surface area is 127 Å². The van der Waals surface area contributed by atoms with E-state index in [9.17, 15) is 4.79 Å². The van der Waals surface area contributed by atoms with Crippen molar-refractivity contribution in [3.63, 3.8) is 0 Å². The smallest absolute Gasteiger partial charge is 0.309 e. The highest BCUT2D eigenvalue weighted by molar-refractivity contribution is 5.72. The van der Waals surface area contributed by atoms with Crippen molar-refractivity contribution in [2.24, 2.45) is 5.92 Å². The van der Waals surface area contributed by atoms with Crippen molar-refractivity contribution in [1.82, 2.24) is 4.90 Å². The number of hydrogen-bond acceptors (Lipinski definition) is 4. The molecule has 0 aromatic heterocycles. The highest BCUT2D eigenvalue weighted by atomic mass is 16.5. The number of carbonyl (C=O) groups excluding carboxylic acids is 1. The predicted octanol–water partition coefficient (Wildman–Crippen LogP) is 2.47. The van der Waals surface area contributed by atoms with Gasteiger partial charge < -0.3 is 15.4 Å². The van der Waals surface area contributed by atoms with Crippen molar-refractivity contribution in [2.45, 2.75) is 39.2 Å². The van der Waals surface area contributed by atoms with Crippen molar-refractivity contribution < 1.29 is 9.53 Å². The van der Waals surface area contributed by atoms with Gasteiger partial charge in [0.2, 0.25) is 0 Å². The minimum absolute atomic E-state index is 0.0247. The molecule has 2 N–H and O–H groups in total. The largest absolute Gasteiger partial charge is 0.466 e. The van der Waals surface area contributed by atoms with Crippen LogP contribution in [0.25, 0.3) is 0 Å². The van der Waals surface area contributed by atoms with E-state index in [4.69, 9.17) is 10.5 Å². The number of ether oxygens (including phenoxy) is 1. The molecule has 0 aliphatic carbocycles. The maximum Gasteiger partial charge on any atom is 0.309 e. The first-order chi connectivity index (χ1) is 10.1. The Morgan fingerprint density at radius 3 is 2.52 bits per heavy atom. The summed E-state index contributed by atoms with van der Waals surface area (Å²) in [4.78, 5) is 14.2. The summed E-state index contributed by atoms with van der Waals surface area (Å²) < 4.78 is 5.11. The topological polar surface area (TPSA) is 55.6 Å². The van der Waals surface area contributed by atoms with Gasteiger partial charge in [0.05, 0.1) is 12.5 Å². The Bertz CT molecular complexity index is 450. The lowest BCUT2D eigenvalue weighted by atomic mass is 9.95. The summed E-state index contributed by atoms with van der Waals surface area (Å²) in [5.41, 5.74) is 7.83. The fraction of sp³-hybridized carbons (Fsp3) is 0.588. The van der Waals surface area contributed by atoms with E-state index < -0.39 is 0 Å². The number of piperidine rings is 1. The zero-order valence-corrected chi connectivity index (χ0v) is 13.0. The molecule has 0 spiro atoms. The highest BCUT2D eigenvalue weighted by Gasteiger charge is 2.27. The van der Waals surface area contributed by atoms with Crippen LogP contribution in [0.4, 0.5) is 5.69 Å². The molecular weight excluding hydrogens is 264 g/mol. The van der Waals surface area contributed by atoms with Crippen LogP contribution in [-0.4, -0.2) is 36.6 Å². The fourth-order valence-corrected chi connectivity index (χ4v) is 2.96. The molecule has 1 unspecified atom stereocenters. The molecule has 1 aromatic rings. The first-order valence-electron chi connectivity index (χ1n) is 7.85. The summed E-state index contributed by atoms with van der Waals surface area (Å²) in [6.07, 6.45) is 2.83. The molecule has 1 saturated heterocycles. The quantitative estimate of drug-likeness (QED) is 0.668. The minimum atomic E-state index is -0.0247. The second-order valence-electron chi connectivity index (χ2n) is 5.86. The van der Waals surface area contributed by atoms with Crippen molar-refractivity contribution in [2.75, 3.05) is 25.4 Å². The SMILES string of the molecule is CCOC(=O)C1CCN(C(C)Cc2ccc(N)cc2)CC1. The molecule has 1 atom stereocenters. The molecule has 21 heavy (non-hydrogen) atoms. The van der Waals surface area contributed by atoms with Crippen molar-refractivity contribution in [3.05, 3.63) is 29.8 Å². The maximum absolute atomic E-state index is 11.7.